The number of nitrogens with zero attached hydrogens (tertiary/aromatic N) is 2. The number of aromatic nitrogens is 2. The van der Waals surface area contributed by atoms with Gasteiger partial charge in [-0.05, 0) is 18.9 Å². The fraction of sp³-hybridized carbons (Fsp3) is 0.727. The van der Waals surface area contributed by atoms with E-state index in [9.17, 15) is 0 Å². The van der Waals surface area contributed by atoms with Crippen molar-refractivity contribution in [2.75, 3.05) is 6.54 Å². The van der Waals surface area contributed by atoms with Gasteiger partial charge in [0.05, 0.1) is 5.69 Å². The van der Waals surface area contributed by atoms with Gasteiger partial charge >= 0.3 is 0 Å². The Bertz CT molecular complexity index is 318. The van der Waals surface area contributed by atoms with Gasteiger partial charge in [0.2, 0.25) is 0 Å². The summed E-state index contributed by atoms with van der Waals surface area (Å²) < 4.78 is 1.95. The molecule has 1 aromatic rings. The van der Waals surface area contributed by atoms with E-state index in [0.29, 0.717) is 6.54 Å². The van der Waals surface area contributed by atoms with E-state index < -0.39 is 0 Å². The van der Waals surface area contributed by atoms with Gasteiger partial charge in [0, 0.05) is 24.7 Å². The third kappa shape index (κ3) is 1.98. The van der Waals surface area contributed by atoms with Crippen molar-refractivity contribution in [2.45, 2.75) is 39.5 Å². The highest BCUT2D eigenvalue weighted by Gasteiger charge is 2.23. The van der Waals surface area contributed by atoms with Crippen LogP contribution in [0.1, 0.15) is 37.7 Å². The molecule has 0 aliphatic heterocycles. The van der Waals surface area contributed by atoms with Gasteiger partial charge in [-0.15, -0.1) is 0 Å². The van der Waals surface area contributed by atoms with Crippen LogP contribution in [0.2, 0.25) is 0 Å². The lowest BCUT2D eigenvalue weighted by Gasteiger charge is -2.20. The summed E-state index contributed by atoms with van der Waals surface area (Å²) in [6.45, 7) is 9.44. The Balaban J connectivity index is 3.23. The molecule has 1 heterocycles. The lowest BCUT2D eigenvalue weighted by Crippen LogP contribution is -2.16. The third-order valence-electron chi connectivity index (χ3n) is 2.54. The van der Waals surface area contributed by atoms with Crippen molar-refractivity contribution in [3.8, 4) is 0 Å². The van der Waals surface area contributed by atoms with Crippen LogP contribution in [0.25, 0.3) is 0 Å². The molecule has 3 nitrogen and oxygen atoms in total. The largest absolute Gasteiger partial charge is 0.330 e. The van der Waals surface area contributed by atoms with Gasteiger partial charge in [0.25, 0.3) is 0 Å². The highest BCUT2D eigenvalue weighted by atomic mass is 15.3. The van der Waals surface area contributed by atoms with Crippen LogP contribution >= 0.6 is 0 Å². The Labute approximate surface area is 86.3 Å². The van der Waals surface area contributed by atoms with Crippen LogP contribution in [0.5, 0.6) is 0 Å². The number of rotatable bonds is 2. The topological polar surface area (TPSA) is 43.8 Å². The molecular formula is C11H21N3. The monoisotopic (exact) mass is 195 g/mol. The molecular weight excluding hydrogens is 174 g/mol. The Morgan fingerprint density at radius 3 is 2.36 bits per heavy atom. The Morgan fingerprint density at radius 1 is 1.36 bits per heavy atom. The predicted molar refractivity (Wildman–Crippen MR) is 59.4 cm³/mol. The van der Waals surface area contributed by atoms with Crippen molar-refractivity contribution in [1.29, 1.82) is 0 Å². The summed E-state index contributed by atoms with van der Waals surface area (Å²) in [4.78, 5) is 0. The second-order valence-corrected chi connectivity index (χ2v) is 4.82. The molecule has 0 aliphatic rings. The van der Waals surface area contributed by atoms with Crippen LogP contribution < -0.4 is 5.73 Å². The Kier molecular flexibility index (Phi) is 3.00. The molecule has 0 saturated carbocycles. The lowest BCUT2D eigenvalue weighted by atomic mass is 9.84. The number of nitrogens with two attached hydrogens (primary N) is 1. The van der Waals surface area contributed by atoms with E-state index in [0.717, 1.165) is 12.1 Å². The Hall–Kier alpha value is -0.830. The van der Waals surface area contributed by atoms with Crippen molar-refractivity contribution >= 4 is 0 Å². The summed E-state index contributed by atoms with van der Waals surface area (Å²) in [7, 11) is 1.99. The summed E-state index contributed by atoms with van der Waals surface area (Å²) in [6.07, 6.45) is 0.869. The van der Waals surface area contributed by atoms with Crippen molar-refractivity contribution in [2.24, 2.45) is 12.8 Å². The molecule has 80 valence electrons. The van der Waals surface area contributed by atoms with Crippen molar-refractivity contribution in [1.82, 2.24) is 9.78 Å². The smallest absolute Gasteiger partial charge is 0.0677 e. The molecule has 0 fully saturated rings. The number of hydrogen-bond donors (Lipinski definition) is 1. The van der Waals surface area contributed by atoms with Crippen LogP contribution in [0.3, 0.4) is 0 Å². The highest BCUT2D eigenvalue weighted by molar-refractivity contribution is 5.32. The van der Waals surface area contributed by atoms with E-state index in [1.165, 1.54) is 11.3 Å². The molecule has 0 spiro atoms. The van der Waals surface area contributed by atoms with E-state index in [2.05, 4.69) is 32.8 Å². The molecule has 2 N–H and O–H groups in total. The van der Waals surface area contributed by atoms with E-state index in [1.807, 2.05) is 11.7 Å². The fourth-order valence-electron chi connectivity index (χ4n) is 1.96. The maximum atomic E-state index is 5.58. The first-order valence-electron chi connectivity index (χ1n) is 5.11. The van der Waals surface area contributed by atoms with Crippen LogP contribution in [0.4, 0.5) is 0 Å². The molecule has 0 aliphatic carbocycles. The fourth-order valence-corrected chi connectivity index (χ4v) is 1.96. The van der Waals surface area contributed by atoms with Crippen molar-refractivity contribution < 1.29 is 0 Å². The molecule has 0 saturated heterocycles. The van der Waals surface area contributed by atoms with Crippen LogP contribution in [0, 0.1) is 6.92 Å². The maximum Gasteiger partial charge on any atom is 0.0677 e. The molecule has 1 aromatic heterocycles. The first-order valence-corrected chi connectivity index (χ1v) is 5.11. The van der Waals surface area contributed by atoms with Gasteiger partial charge in [0.1, 0.15) is 0 Å². The number of aryl methyl sites for hydroxylation is 1. The standard InChI is InChI=1S/C11H21N3/c1-8-10(11(2,3)4)9(6-7-12)13-14(8)5/h6-7,12H2,1-5H3. The van der Waals surface area contributed by atoms with Crippen molar-refractivity contribution in [3.05, 3.63) is 17.0 Å². The van der Waals surface area contributed by atoms with E-state index in [4.69, 9.17) is 5.73 Å². The highest BCUT2D eigenvalue weighted by Crippen LogP contribution is 2.28. The average molecular weight is 195 g/mol. The van der Waals surface area contributed by atoms with Crippen molar-refractivity contribution in [3.63, 3.8) is 0 Å². The quantitative estimate of drug-likeness (QED) is 0.777. The zero-order valence-electron chi connectivity index (χ0n) is 9.89. The third-order valence-corrected chi connectivity index (χ3v) is 2.54. The molecule has 0 unspecified atom stereocenters. The normalized spacial score (nSPS) is 12.1. The summed E-state index contributed by atoms with van der Waals surface area (Å²) >= 11 is 0. The van der Waals surface area contributed by atoms with Gasteiger partial charge in [-0.1, -0.05) is 20.8 Å². The first-order chi connectivity index (χ1) is 6.38. The minimum Gasteiger partial charge on any atom is -0.330 e. The van der Waals surface area contributed by atoms with Crippen LogP contribution in [0.15, 0.2) is 0 Å². The number of hydrogen-bond acceptors (Lipinski definition) is 2. The van der Waals surface area contributed by atoms with Crippen LogP contribution in [-0.2, 0) is 18.9 Å². The van der Waals surface area contributed by atoms with Gasteiger partial charge in [0.15, 0.2) is 0 Å². The van der Waals surface area contributed by atoms with Gasteiger partial charge < -0.3 is 5.73 Å². The Morgan fingerprint density at radius 2 is 1.93 bits per heavy atom. The minimum absolute atomic E-state index is 0.156. The van der Waals surface area contributed by atoms with E-state index >= 15 is 0 Å². The zero-order chi connectivity index (χ0) is 10.9. The first kappa shape index (κ1) is 11.2. The summed E-state index contributed by atoms with van der Waals surface area (Å²) in [5.41, 5.74) is 9.49. The van der Waals surface area contributed by atoms with E-state index in [-0.39, 0.29) is 5.41 Å². The molecule has 0 atom stereocenters. The molecule has 0 bridgehead atoms. The summed E-state index contributed by atoms with van der Waals surface area (Å²) in [5.74, 6) is 0. The molecule has 3 heteroatoms. The predicted octanol–water partition coefficient (Wildman–Crippen LogP) is 1.53. The second-order valence-electron chi connectivity index (χ2n) is 4.82. The minimum atomic E-state index is 0.156. The average Bonchev–Trinajstić information content (AvgIpc) is 2.27. The van der Waals surface area contributed by atoms with E-state index in [1.54, 1.807) is 0 Å². The summed E-state index contributed by atoms with van der Waals surface area (Å²) in [5, 5.41) is 4.50. The van der Waals surface area contributed by atoms with Crippen LogP contribution in [-0.4, -0.2) is 16.3 Å². The molecule has 0 radical (unpaired) electrons. The maximum absolute atomic E-state index is 5.58. The molecule has 0 aromatic carbocycles. The summed E-state index contributed by atoms with van der Waals surface area (Å²) in [6, 6.07) is 0. The zero-order valence-corrected chi connectivity index (χ0v) is 9.89. The molecule has 1 rings (SSSR count). The lowest BCUT2D eigenvalue weighted by molar-refractivity contribution is 0.577. The van der Waals surface area contributed by atoms with Gasteiger partial charge in [-0.2, -0.15) is 5.10 Å². The van der Waals surface area contributed by atoms with Gasteiger partial charge in [-0.3, -0.25) is 4.68 Å². The second kappa shape index (κ2) is 3.73. The molecule has 14 heavy (non-hydrogen) atoms. The molecule has 0 amide bonds. The SMILES string of the molecule is Cc1c(C(C)(C)C)c(CCN)nn1C. The van der Waals surface area contributed by atoms with Gasteiger partial charge in [-0.25, -0.2) is 0 Å².